The third-order valence-corrected chi connectivity index (χ3v) is 3.73. The average Bonchev–Trinajstić information content (AvgIpc) is 2.59. The third kappa shape index (κ3) is 5.92. The van der Waals surface area contributed by atoms with E-state index < -0.39 is 18.7 Å². The van der Waals surface area contributed by atoms with Gasteiger partial charge in [-0.1, -0.05) is 49.3 Å². The van der Waals surface area contributed by atoms with Crippen LogP contribution in [-0.2, 0) is 22.6 Å². The molecule has 24 heavy (non-hydrogen) atoms. The molecule has 7 heteroatoms. The average molecular weight is 347 g/mol. The Hall–Kier alpha value is -1.96. The maximum Gasteiger partial charge on any atom is 0.332 e. The van der Waals surface area contributed by atoms with E-state index in [0.29, 0.717) is 13.0 Å². The van der Waals surface area contributed by atoms with E-state index in [1.54, 1.807) is 6.82 Å². The Kier molecular flexibility index (Phi) is 8.39. The zero-order valence-corrected chi connectivity index (χ0v) is 14.5. The molecular weight excluding hydrogens is 325 g/mol. The van der Waals surface area contributed by atoms with Crippen molar-refractivity contribution in [1.29, 1.82) is 0 Å². The van der Waals surface area contributed by atoms with E-state index in [0.717, 1.165) is 16.9 Å². The minimum atomic E-state index is -0.924. The second kappa shape index (κ2) is 10.0. The summed E-state index contributed by atoms with van der Waals surface area (Å²) in [6.45, 7) is 1.59. The smallest absolute Gasteiger partial charge is 0.332 e. The van der Waals surface area contributed by atoms with Crippen molar-refractivity contribution in [2.75, 3.05) is 0 Å². The predicted octanol–water partition coefficient (Wildman–Crippen LogP) is 2.89. The van der Waals surface area contributed by atoms with Gasteiger partial charge in [-0.2, -0.15) is 13.5 Å². The molecule has 0 aliphatic carbocycles. The van der Waals surface area contributed by atoms with Gasteiger partial charge in [0.1, 0.15) is 12.4 Å². The van der Waals surface area contributed by atoms with Crippen molar-refractivity contribution in [3.05, 3.63) is 65.7 Å². The molecule has 0 radical (unpaired) electrons. The highest BCUT2D eigenvalue weighted by atomic mass is 32.1. The maximum atomic E-state index is 11.3. The quantitative estimate of drug-likeness (QED) is 0.567. The summed E-state index contributed by atoms with van der Waals surface area (Å²) in [7, 11) is 0. The van der Waals surface area contributed by atoms with Gasteiger partial charge in [0.25, 0.3) is 0 Å². The summed E-state index contributed by atoms with van der Waals surface area (Å²) in [5, 5.41) is 9.24. The van der Waals surface area contributed by atoms with E-state index in [1.807, 2.05) is 54.6 Å². The van der Waals surface area contributed by atoms with E-state index in [-0.39, 0.29) is 13.5 Å². The molecule has 3 N–H and O–H groups in total. The topological polar surface area (TPSA) is 81.8 Å². The zero-order chi connectivity index (χ0) is 16.7. The van der Waals surface area contributed by atoms with Crippen molar-refractivity contribution in [2.45, 2.75) is 25.7 Å². The van der Waals surface area contributed by atoms with E-state index in [2.05, 4.69) is 4.76 Å². The minimum Gasteiger partial charge on any atom is -0.489 e. The minimum absolute atomic E-state index is 0. The zero-order valence-electron chi connectivity index (χ0n) is 13.5. The van der Waals surface area contributed by atoms with Crippen LogP contribution in [0.3, 0.4) is 0 Å². The number of nitrogens with two attached hydrogens (primary N) is 1. The maximum absolute atomic E-state index is 11.3. The molecule has 0 saturated heterocycles. The number of rotatable bonds is 8. The Labute approximate surface area is 149 Å². The molecule has 0 aromatic heterocycles. The van der Waals surface area contributed by atoms with Crippen molar-refractivity contribution in [1.82, 2.24) is 0 Å². The Morgan fingerprint density at radius 1 is 1.12 bits per heavy atom. The molecule has 0 aliphatic rings. The molecule has 2 aromatic carbocycles. The molecule has 0 aliphatic heterocycles. The molecule has 0 bridgehead atoms. The molecule has 1 atom stereocenters. The van der Waals surface area contributed by atoms with Gasteiger partial charge in [0.2, 0.25) is 0 Å². The number of carbonyl (C=O) groups is 1. The monoisotopic (exact) mass is 347 g/mol. The first kappa shape index (κ1) is 20.1. The van der Waals surface area contributed by atoms with Crippen molar-refractivity contribution < 1.29 is 19.4 Å². The Morgan fingerprint density at radius 2 is 1.75 bits per heavy atom. The second-order valence-corrected chi connectivity index (χ2v) is 5.41. The van der Waals surface area contributed by atoms with Crippen LogP contribution in [0.2, 0.25) is 12.6 Å². The van der Waals surface area contributed by atoms with Gasteiger partial charge in [-0.15, -0.1) is 0 Å². The van der Waals surface area contributed by atoms with Gasteiger partial charge in [0, 0.05) is 0 Å². The Bertz CT molecular complexity index is 624. The fraction of sp³-hybridized carbons (Fsp3) is 0.235. The summed E-state index contributed by atoms with van der Waals surface area (Å²) < 4.78 is 10.4. The molecular formula is C17H22BNO4S. The lowest BCUT2D eigenvalue weighted by Gasteiger charge is -2.15. The van der Waals surface area contributed by atoms with Crippen LogP contribution in [0.1, 0.15) is 11.1 Å². The van der Waals surface area contributed by atoms with Crippen molar-refractivity contribution in [3.8, 4) is 5.75 Å². The van der Waals surface area contributed by atoms with Crippen LogP contribution in [-0.4, -0.2) is 18.0 Å². The van der Waals surface area contributed by atoms with Crippen LogP contribution in [0.4, 0.5) is 0 Å². The molecule has 5 nitrogen and oxygen atoms in total. The van der Waals surface area contributed by atoms with E-state index >= 15 is 0 Å². The lowest BCUT2D eigenvalue weighted by molar-refractivity contribution is -0.137. The largest absolute Gasteiger partial charge is 0.489 e. The van der Waals surface area contributed by atoms with E-state index in [1.165, 1.54) is 0 Å². The van der Waals surface area contributed by atoms with Crippen LogP contribution >= 0.6 is 13.5 Å². The van der Waals surface area contributed by atoms with E-state index in [4.69, 9.17) is 10.6 Å². The molecule has 0 spiro atoms. The van der Waals surface area contributed by atoms with Crippen LogP contribution < -0.4 is 10.6 Å². The standard InChI is InChI=1S/C17H20BNO4.H2S/c1-18(23-19)16(17(20)21)11-13-7-9-15(10-8-13)22-12-14-5-3-2-4-6-14;/h2-10,16H,11-12,19H2,1H3,(H,20,21);1H2/t16-;/m1./s1. The van der Waals surface area contributed by atoms with Crippen molar-refractivity contribution in [2.24, 2.45) is 5.90 Å². The van der Waals surface area contributed by atoms with Gasteiger partial charge < -0.3 is 14.6 Å². The number of hydrogen-bond donors (Lipinski definition) is 2. The Morgan fingerprint density at radius 3 is 2.29 bits per heavy atom. The number of benzene rings is 2. The lowest BCUT2D eigenvalue weighted by atomic mass is 9.56. The van der Waals surface area contributed by atoms with Gasteiger partial charge in [0.15, 0.2) is 0 Å². The molecule has 0 unspecified atom stereocenters. The van der Waals surface area contributed by atoms with Gasteiger partial charge in [-0.25, -0.2) is 5.90 Å². The number of carboxylic acids is 1. The SMILES string of the molecule is CB(ON)[C@H](Cc1ccc(OCc2ccccc2)cc1)C(=O)O.S. The van der Waals surface area contributed by atoms with Gasteiger partial charge in [-0.3, -0.25) is 4.79 Å². The summed E-state index contributed by atoms with van der Waals surface area (Å²) in [6, 6.07) is 17.3. The molecule has 2 aromatic rings. The van der Waals surface area contributed by atoms with Crippen LogP contribution in [0.5, 0.6) is 5.75 Å². The fourth-order valence-electron chi connectivity index (χ4n) is 2.27. The fourth-order valence-corrected chi connectivity index (χ4v) is 2.27. The summed E-state index contributed by atoms with van der Waals surface area (Å²) in [4.78, 5) is 11.3. The molecule has 0 amide bonds. The number of carboxylic acid groups (broad SMARTS) is 1. The first-order valence-electron chi connectivity index (χ1n) is 7.44. The highest BCUT2D eigenvalue weighted by molar-refractivity contribution is 7.59. The number of aliphatic carboxylic acids is 1. The lowest BCUT2D eigenvalue weighted by Crippen LogP contribution is -2.31. The molecule has 0 saturated carbocycles. The summed E-state index contributed by atoms with van der Waals surface area (Å²) in [5.74, 6) is 4.24. The first-order valence-corrected chi connectivity index (χ1v) is 7.44. The third-order valence-electron chi connectivity index (χ3n) is 3.73. The Balaban J connectivity index is 0.00000288. The highest BCUT2D eigenvalue weighted by Crippen LogP contribution is 2.21. The molecule has 0 fully saturated rings. The molecule has 0 heterocycles. The van der Waals surface area contributed by atoms with Gasteiger partial charge in [-0.05, 0) is 29.7 Å². The summed E-state index contributed by atoms with van der Waals surface area (Å²) >= 11 is 0. The normalized spacial score (nSPS) is 11.2. The van der Waals surface area contributed by atoms with Gasteiger partial charge >= 0.3 is 12.9 Å². The van der Waals surface area contributed by atoms with Crippen molar-refractivity contribution >= 4 is 26.4 Å². The summed E-state index contributed by atoms with van der Waals surface area (Å²) in [5.41, 5.74) is 1.99. The van der Waals surface area contributed by atoms with Crippen LogP contribution in [0.25, 0.3) is 0 Å². The predicted molar refractivity (Wildman–Crippen MR) is 99.6 cm³/mol. The van der Waals surface area contributed by atoms with Gasteiger partial charge in [0.05, 0.1) is 5.82 Å². The van der Waals surface area contributed by atoms with Crippen molar-refractivity contribution in [3.63, 3.8) is 0 Å². The molecule has 2 rings (SSSR count). The van der Waals surface area contributed by atoms with Crippen LogP contribution in [0.15, 0.2) is 54.6 Å². The second-order valence-electron chi connectivity index (χ2n) is 5.41. The molecule has 128 valence electrons. The van der Waals surface area contributed by atoms with E-state index in [9.17, 15) is 9.90 Å². The number of hydrogen-bond acceptors (Lipinski definition) is 4. The van der Waals surface area contributed by atoms with Crippen LogP contribution in [0, 0.1) is 0 Å². The highest BCUT2D eigenvalue weighted by Gasteiger charge is 2.29. The summed E-state index contributed by atoms with van der Waals surface area (Å²) in [6.07, 6.45) is 0.354. The first-order chi connectivity index (χ1) is 11.1. The number of ether oxygens (including phenoxy) is 1.